The maximum atomic E-state index is 12.4. The van der Waals surface area contributed by atoms with E-state index in [1.54, 1.807) is 11.3 Å². The summed E-state index contributed by atoms with van der Waals surface area (Å²) in [7, 11) is 0. The molecule has 0 unspecified atom stereocenters. The van der Waals surface area contributed by atoms with Crippen molar-refractivity contribution in [3.8, 4) is 0 Å². The molecule has 1 saturated heterocycles. The van der Waals surface area contributed by atoms with Gasteiger partial charge in [0, 0.05) is 27.5 Å². The number of piperidine rings is 1. The predicted octanol–water partition coefficient (Wildman–Crippen LogP) is 3.83. The van der Waals surface area contributed by atoms with Crippen LogP contribution < -0.4 is 10.6 Å². The zero-order chi connectivity index (χ0) is 19.9. The topological polar surface area (TPSA) is 61.4 Å². The second kappa shape index (κ2) is 10.2. The molecule has 2 amide bonds. The average Bonchev–Trinajstić information content (AvgIpc) is 3.18. The van der Waals surface area contributed by atoms with Gasteiger partial charge in [-0.15, -0.1) is 11.3 Å². The summed E-state index contributed by atoms with van der Waals surface area (Å²) in [4.78, 5) is 28.1. The highest BCUT2D eigenvalue weighted by molar-refractivity contribution is 9.10. The number of halogens is 1. The largest absolute Gasteiger partial charge is 0.355 e. The van der Waals surface area contributed by atoms with E-state index in [0.717, 1.165) is 48.1 Å². The maximum absolute atomic E-state index is 12.4. The molecule has 1 fully saturated rings. The van der Waals surface area contributed by atoms with Gasteiger partial charge in [-0.3, -0.25) is 14.5 Å². The summed E-state index contributed by atoms with van der Waals surface area (Å²) in [6.45, 7) is 4.57. The lowest BCUT2D eigenvalue weighted by Gasteiger charge is -2.30. The van der Waals surface area contributed by atoms with Crippen molar-refractivity contribution in [3.05, 3.63) is 50.6 Å². The Bertz CT molecular complexity index is 802. The Morgan fingerprint density at radius 3 is 2.71 bits per heavy atom. The fourth-order valence-corrected chi connectivity index (χ4v) is 4.61. The third-order valence-electron chi connectivity index (χ3n) is 5.04. The van der Waals surface area contributed by atoms with Crippen molar-refractivity contribution < 1.29 is 9.59 Å². The van der Waals surface area contributed by atoms with Gasteiger partial charge in [0.2, 0.25) is 11.8 Å². The second-order valence-corrected chi connectivity index (χ2v) is 9.13. The highest BCUT2D eigenvalue weighted by Gasteiger charge is 2.25. The molecule has 0 aliphatic carbocycles. The molecule has 0 bridgehead atoms. The first-order valence-electron chi connectivity index (χ1n) is 9.59. The molecule has 1 aromatic heterocycles. The summed E-state index contributed by atoms with van der Waals surface area (Å²) < 4.78 is 0.999. The van der Waals surface area contributed by atoms with Crippen LogP contribution in [0.4, 0.5) is 5.69 Å². The number of carbonyl (C=O) groups is 2. The number of anilines is 1. The molecule has 2 heterocycles. The standard InChI is InChI=1S/C21H26BrN3O2S/c1-15-13-17(22)4-5-19(15)24-20(26)14-25-10-7-16(8-11-25)21(27)23-9-6-18-3-2-12-28-18/h2-5,12-13,16H,6-11,14H2,1H3,(H,23,27)(H,24,26). The molecular formula is C21H26BrN3O2S. The lowest BCUT2D eigenvalue weighted by Crippen LogP contribution is -2.43. The summed E-state index contributed by atoms with van der Waals surface area (Å²) in [5.41, 5.74) is 1.87. The quantitative estimate of drug-likeness (QED) is 0.655. The predicted molar refractivity (Wildman–Crippen MR) is 118 cm³/mol. The minimum atomic E-state index is -0.00993. The lowest BCUT2D eigenvalue weighted by molar-refractivity contribution is -0.126. The van der Waals surface area contributed by atoms with Crippen molar-refractivity contribution in [2.75, 3.05) is 31.5 Å². The molecule has 0 radical (unpaired) electrons. The molecule has 28 heavy (non-hydrogen) atoms. The molecular weight excluding hydrogens is 438 g/mol. The van der Waals surface area contributed by atoms with Crippen molar-refractivity contribution in [1.29, 1.82) is 0 Å². The Morgan fingerprint density at radius 1 is 1.25 bits per heavy atom. The third-order valence-corrected chi connectivity index (χ3v) is 6.47. The molecule has 3 rings (SSSR count). The first-order valence-corrected chi connectivity index (χ1v) is 11.3. The van der Waals surface area contributed by atoms with E-state index in [1.165, 1.54) is 4.88 Å². The highest BCUT2D eigenvalue weighted by atomic mass is 79.9. The number of rotatable bonds is 7. The zero-order valence-electron chi connectivity index (χ0n) is 16.0. The maximum Gasteiger partial charge on any atom is 0.238 e. The SMILES string of the molecule is Cc1cc(Br)ccc1NC(=O)CN1CCC(C(=O)NCCc2cccs2)CC1. The van der Waals surface area contributed by atoms with E-state index < -0.39 is 0 Å². The van der Waals surface area contributed by atoms with Crippen LogP contribution in [0.2, 0.25) is 0 Å². The van der Waals surface area contributed by atoms with E-state index in [2.05, 4.69) is 42.9 Å². The van der Waals surface area contributed by atoms with Crippen LogP contribution in [-0.4, -0.2) is 42.9 Å². The number of nitrogens with one attached hydrogen (secondary N) is 2. The van der Waals surface area contributed by atoms with Crippen LogP contribution in [0, 0.1) is 12.8 Å². The van der Waals surface area contributed by atoms with Crippen molar-refractivity contribution in [2.24, 2.45) is 5.92 Å². The van der Waals surface area contributed by atoms with Crippen molar-refractivity contribution in [1.82, 2.24) is 10.2 Å². The van der Waals surface area contributed by atoms with Crippen LogP contribution in [-0.2, 0) is 16.0 Å². The zero-order valence-corrected chi connectivity index (χ0v) is 18.4. The van der Waals surface area contributed by atoms with E-state index in [4.69, 9.17) is 0 Å². The summed E-state index contributed by atoms with van der Waals surface area (Å²) in [6, 6.07) is 9.94. The van der Waals surface area contributed by atoms with Gasteiger partial charge in [0.15, 0.2) is 0 Å². The Kier molecular flexibility index (Phi) is 7.65. The Balaban J connectivity index is 1.37. The molecule has 150 valence electrons. The molecule has 0 atom stereocenters. The summed E-state index contributed by atoms with van der Waals surface area (Å²) >= 11 is 5.15. The van der Waals surface area contributed by atoms with Gasteiger partial charge in [0.1, 0.15) is 0 Å². The Labute approximate surface area is 178 Å². The van der Waals surface area contributed by atoms with Crippen molar-refractivity contribution in [3.63, 3.8) is 0 Å². The van der Waals surface area contributed by atoms with Gasteiger partial charge in [-0.05, 0) is 74.5 Å². The molecule has 1 aromatic carbocycles. The Hall–Kier alpha value is -1.70. The minimum absolute atomic E-state index is 0.00993. The molecule has 2 N–H and O–H groups in total. The summed E-state index contributed by atoms with van der Waals surface area (Å²) in [5, 5.41) is 8.09. The van der Waals surface area contributed by atoms with Gasteiger partial charge >= 0.3 is 0 Å². The molecule has 1 aliphatic rings. The minimum Gasteiger partial charge on any atom is -0.355 e. The lowest BCUT2D eigenvalue weighted by atomic mass is 9.96. The highest BCUT2D eigenvalue weighted by Crippen LogP contribution is 2.21. The first-order chi connectivity index (χ1) is 13.5. The fraction of sp³-hybridized carbons (Fsp3) is 0.429. The number of nitrogens with zero attached hydrogens (tertiary/aromatic N) is 1. The molecule has 7 heteroatoms. The first kappa shape index (κ1) is 21.0. The van der Waals surface area contributed by atoms with Crippen LogP contribution in [0.5, 0.6) is 0 Å². The van der Waals surface area contributed by atoms with Crippen LogP contribution in [0.1, 0.15) is 23.3 Å². The van der Waals surface area contributed by atoms with E-state index in [0.29, 0.717) is 13.1 Å². The van der Waals surface area contributed by atoms with Gasteiger partial charge in [-0.25, -0.2) is 0 Å². The number of thiophene rings is 1. The van der Waals surface area contributed by atoms with Gasteiger partial charge in [0.05, 0.1) is 6.54 Å². The Morgan fingerprint density at radius 2 is 2.04 bits per heavy atom. The van der Waals surface area contributed by atoms with Gasteiger partial charge in [-0.1, -0.05) is 22.0 Å². The number of hydrogen-bond acceptors (Lipinski definition) is 4. The smallest absolute Gasteiger partial charge is 0.238 e. The van der Waals surface area contributed by atoms with E-state index in [9.17, 15) is 9.59 Å². The molecule has 0 saturated carbocycles. The van der Waals surface area contributed by atoms with Gasteiger partial charge in [0.25, 0.3) is 0 Å². The molecule has 1 aliphatic heterocycles. The number of benzene rings is 1. The van der Waals surface area contributed by atoms with Crippen LogP contribution in [0.3, 0.4) is 0 Å². The molecule has 5 nitrogen and oxygen atoms in total. The molecule has 2 aromatic rings. The van der Waals surface area contributed by atoms with E-state index in [1.807, 2.05) is 31.2 Å². The third kappa shape index (κ3) is 6.15. The monoisotopic (exact) mass is 463 g/mol. The summed E-state index contributed by atoms with van der Waals surface area (Å²) in [5.74, 6) is 0.187. The van der Waals surface area contributed by atoms with Crippen LogP contribution in [0.25, 0.3) is 0 Å². The van der Waals surface area contributed by atoms with Gasteiger partial charge < -0.3 is 10.6 Å². The molecule has 0 spiro atoms. The van der Waals surface area contributed by atoms with Crippen molar-refractivity contribution in [2.45, 2.75) is 26.2 Å². The van der Waals surface area contributed by atoms with E-state index >= 15 is 0 Å². The number of aryl methyl sites for hydroxylation is 1. The second-order valence-electron chi connectivity index (χ2n) is 7.18. The van der Waals surface area contributed by atoms with Crippen molar-refractivity contribution >= 4 is 44.8 Å². The normalized spacial score (nSPS) is 15.4. The number of hydrogen-bond donors (Lipinski definition) is 2. The van der Waals surface area contributed by atoms with Crippen LogP contribution >= 0.6 is 27.3 Å². The van der Waals surface area contributed by atoms with E-state index in [-0.39, 0.29) is 17.7 Å². The summed E-state index contributed by atoms with van der Waals surface area (Å²) in [6.07, 6.45) is 2.49. The number of likely N-dealkylation sites (tertiary alicyclic amines) is 1. The fourth-order valence-electron chi connectivity index (χ4n) is 3.42. The van der Waals surface area contributed by atoms with Crippen LogP contribution in [0.15, 0.2) is 40.2 Å². The number of amides is 2. The van der Waals surface area contributed by atoms with Gasteiger partial charge in [-0.2, -0.15) is 0 Å². The number of carbonyl (C=O) groups excluding carboxylic acids is 2. The average molecular weight is 464 g/mol.